The number of benzene rings is 1. The van der Waals surface area contributed by atoms with Gasteiger partial charge in [0.25, 0.3) is 0 Å². The molecule has 30 heavy (non-hydrogen) atoms. The lowest BCUT2D eigenvalue weighted by Gasteiger charge is -2.11. The number of aromatic nitrogens is 3. The first-order valence-electron chi connectivity index (χ1n) is 9.04. The highest BCUT2D eigenvalue weighted by molar-refractivity contribution is 14.0. The molecule has 0 fully saturated rings. The largest absolute Gasteiger partial charge is 0.484 e. The van der Waals surface area contributed by atoms with Crippen LogP contribution < -0.4 is 15.4 Å². The van der Waals surface area contributed by atoms with Crippen LogP contribution in [0.2, 0.25) is 0 Å². The van der Waals surface area contributed by atoms with Crippen LogP contribution in [0.5, 0.6) is 5.75 Å². The topological polar surface area (TPSA) is 75.8 Å². The average molecular weight is 534 g/mol. The summed E-state index contributed by atoms with van der Waals surface area (Å²) in [5.41, 5.74) is 1.48. The van der Waals surface area contributed by atoms with Crippen molar-refractivity contribution < 1.29 is 17.9 Å². The van der Waals surface area contributed by atoms with Gasteiger partial charge in [0.15, 0.2) is 24.0 Å². The molecular weight excluding hydrogens is 512 g/mol. The molecule has 3 aromatic rings. The van der Waals surface area contributed by atoms with E-state index in [9.17, 15) is 13.2 Å². The van der Waals surface area contributed by atoms with Crippen LogP contribution in [0.3, 0.4) is 0 Å². The van der Waals surface area contributed by atoms with Gasteiger partial charge in [0, 0.05) is 12.7 Å². The molecule has 0 aliphatic rings. The van der Waals surface area contributed by atoms with Crippen LogP contribution in [0.25, 0.3) is 5.65 Å². The maximum atomic E-state index is 12.3. The van der Waals surface area contributed by atoms with Gasteiger partial charge in [0.2, 0.25) is 0 Å². The maximum absolute atomic E-state index is 12.3. The number of ether oxygens (including phenoxy) is 1. The molecule has 0 saturated carbocycles. The Bertz CT molecular complexity index is 976. The van der Waals surface area contributed by atoms with Crippen molar-refractivity contribution >= 4 is 35.6 Å². The normalized spacial score (nSPS) is 11.8. The lowest BCUT2D eigenvalue weighted by molar-refractivity contribution is -0.153. The number of aliphatic imine (C=N–C) groups is 1. The van der Waals surface area contributed by atoms with Crippen LogP contribution in [0.15, 0.2) is 53.7 Å². The first kappa shape index (κ1) is 23.7. The Labute approximate surface area is 188 Å². The summed E-state index contributed by atoms with van der Waals surface area (Å²) in [6.07, 6.45) is -2.50. The molecule has 0 aliphatic heterocycles. The van der Waals surface area contributed by atoms with Gasteiger partial charge in [-0.05, 0) is 36.8 Å². The second-order valence-electron chi connectivity index (χ2n) is 6.15. The number of fused-ring (bicyclic) bond motifs is 1. The number of halogens is 4. The Hall–Kier alpha value is -2.57. The van der Waals surface area contributed by atoms with Crippen molar-refractivity contribution in [2.75, 3.05) is 13.2 Å². The van der Waals surface area contributed by atoms with E-state index < -0.39 is 12.8 Å². The third-order valence-electron chi connectivity index (χ3n) is 3.86. The van der Waals surface area contributed by atoms with Gasteiger partial charge in [-0.15, -0.1) is 34.2 Å². The first-order valence-corrected chi connectivity index (χ1v) is 9.04. The predicted octanol–water partition coefficient (Wildman–Crippen LogP) is 3.54. The van der Waals surface area contributed by atoms with Crippen molar-refractivity contribution in [3.63, 3.8) is 0 Å². The van der Waals surface area contributed by atoms with Crippen molar-refractivity contribution in [3.05, 3.63) is 60.0 Å². The number of nitrogens with zero attached hydrogens (tertiary/aromatic N) is 4. The first-order chi connectivity index (χ1) is 13.9. The number of nitrogens with one attached hydrogen (secondary N) is 2. The predicted molar refractivity (Wildman–Crippen MR) is 118 cm³/mol. The van der Waals surface area contributed by atoms with E-state index in [4.69, 9.17) is 4.74 Å². The molecule has 0 amide bonds. The SMILES string of the molecule is CCNC(=NCc1cccc(OCC(F)(F)F)c1)NCc1nnc2ccccn12.I. The van der Waals surface area contributed by atoms with Gasteiger partial charge in [0.05, 0.1) is 13.1 Å². The minimum atomic E-state index is -4.37. The molecule has 0 spiro atoms. The number of hydrogen-bond donors (Lipinski definition) is 2. The van der Waals surface area contributed by atoms with Gasteiger partial charge < -0.3 is 15.4 Å². The quantitative estimate of drug-likeness (QED) is 0.276. The van der Waals surface area contributed by atoms with E-state index in [1.54, 1.807) is 18.2 Å². The molecule has 2 aromatic heterocycles. The molecule has 7 nitrogen and oxygen atoms in total. The number of hydrogen-bond acceptors (Lipinski definition) is 4. The lowest BCUT2D eigenvalue weighted by Crippen LogP contribution is -2.37. The highest BCUT2D eigenvalue weighted by Gasteiger charge is 2.28. The second-order valence-corrected chi connectivity index (χ2v) is 6.15. The van der Waals surface area contributed by atoms with Crippen molar-refractivity contribution in [3.8, 4) is 5.75 Å². The molecule has 0 aliphatic carbocycles. The summed E-state index contributed by atoms with van der Waals surface area (Å²) in [6, 6.07) is 12.1. The van der Waals surface area contributed by atoms with Crippen LogP contribution in [0.1, 0.15) is 18.3 Å². The van der Waals surface area contributed by atoms with Crippen LogP contribution in [0.4, 0.5) is 13.2 Å². The van der Waals surface area contributed by atoms with Gasteiger partial charge in [-0.1, -0.05) is 18.2 Å². The van der Waals surface area contributed by atoms with E-state index in [0.29, 0.717) is 19.0 Å². The van der Waals surface area contributed by atoms with Gasteiger partial charge >= 0.3 is 6.18 Å². The number of alkyl halides is 3. The summed E-state index contributed by atoms with van der Waals surface area (Å²) in [5, 5.41) is 14.6. The number of guanidine groups is 1. The average Bonchev–Trinajstić information content (AvgIpc) is 3.11. The Morgan fingerprint density at radius 1 is 1.13 bits per heavy atom. The van der Waals surface area contributed by atoms with Crippen molar-refractivity contribution in [2.45, 2.75) is 26.2 Å². The Kier molecular flexibility index (Phi) is 8.69. The molecule has 0 radical (unpaired) electrons. The summed E-state index contributed by atoms with van der Waals surface area (Å²) >= 11 is 0. The zero-order valence-corrected chi connectivity index (χ0v) is 18.5. The highest BCUT2D eigenvalue weighted by atomic mass is 127. The molecular formula is C19H22F3IN6O. The van der Waals surface area contributed by atoms with E-state index in [1.807, 2.05) is 35.7 Å². The molecule has 0 unspecified atom stereocenters. The molecule has 0 atom stereocenters. The van der Waals surface area contributed by atoms with E-state index >= 15 is 0 Å². The van der Waals surface area contributed by atoms with Crippen LogP contribution in [-0.2, 0) is 13.1 Å². The van der Waals surface area contributed by atoms with E-state index in [2.05, 4.69) is 25.8 Å². The van der Waals surface area contributed by atoms with Gasteiger partial charge in [-0.25, -0.2) is 4.99 Å². The zero-order valence-electron chi connectivity index (χ0n) is 16.2. The number of pyridine rings is 1. The molecule has 11 heteroatoms. The summed E-state index contributed by atoms with van der Waals surface area (Å²) in [4.78, 5) is 4.47. The molecule has 0 saturated heterocycles. The maximum Gasteiger partial charge on any atom is 0.422 e. The van der Waals surface area contributed by atoms with Gasteiger partial charge in [-0.3, -0.25) is 4.40 Å². The van der Waals surface area contributed by atoms with Crippen LogP contribution in [-0.4, -0.2) is 39.9 Å². The van der Waals surface area contributed by atoms with E-state index in [0.717, 1.165) is 17.0 Å². The molecule has 3 rings (SSSR count). The minimum Gasteiger partial charge on any atom is -0.484 e. The van der Waals surface area contributed by atoms with Crippen LogP contribution >= 0.6 is 24.0 Å². The molecule has 2 heterocycles. The van der Waals surface area contributed by atoms with E-state index in [-0.39, 0.29) is 36.3 Å². The third-order valence-corrected chi connectivity index (χ3v) is 3.86. The Morgan fingerprint density at radius 2 is 1.97 bits per heavy atom. The standard InChI is InChI=1S/C19H21F3N6O.HI/c1-2-23-18(25-12-17-27-26-16-8-3-4-9-28(16)17)24-11-14-6-5-7-15(10-14)29-13-19(20,21)22;/h3-10H,2,11-13H2,1H3,(H2,23,24,25);1H. The molecule has 2 N–H and O–H groups in total. The zero-order chi connectivity index (χ0) is 20.7. The van der Waals surface area contributed by atoms with Crippen LogP contribution in [0, 0.1) is 0 Å². The monoisotopic (exact) mass is 534 g/mol. The number of rotatable bonds is 7. The van der Waals surface area contributed by atoms with Crippen molar-refractivity contribution in [1.29, 1.82) is 0 Å². The minimum absolute atomic E-state index is 0. The second kappa shape index (κ2) is 11.0. The fourth-order valence-electron chi connectivity index (χ4n) is 2.59. The fraction of sp³-hybridized carbons (Fsp3) is 0.316. The Balaban J connectivity index is 0.00000320. The smallest absolute Gasteiger partial charge is 0.422 e. The van der Waals surface area contributed by atoms with Gasteiger partial charge in [0.1, 0.15) is 5.75 Å². The molecule has 0 bridgehead atoms. The van der Waals surface area contributed by atoms with E-state index in [1.165, 1.54) is 6.07 Å². The third kappa shape index (κ3) is 7.04. The lowest BCUT2D eigenvalue weighted by atomic mass is 10.2. The van der Waals surface area contributed by atoms with Gasteiger partial charge in [-0.2, -0.15) is 13.2 Å². The van der Waals surface area contributed by atoms with Crippen molar-refractivity contribution in [1.82, 2.24) is 25.2 Å². The summed E-state index contributed by atoms with van der Waals surface area (Å²) in [5.74, 6) is 1.44. The molecule has 1 aromatic carbocycles. The molecule has 162 valence electrons. The summed E-state index contributed by atoms with van der Waals surface area (Å²) in [6.45, 7) is 1.96. The Morgan fingerprint density at radius 3 is 2.73 bits per heavy atom. The fourth-order valence-corrected chi connectivity index (χ4v) is 2.59. The summed E-state index contributed by atoms with van der Waals surface area (Å²) in [7, 11) is 0. The highest BCUT2D eigenvalue weighted by Crippen LogP contribution is 2.19. The van der Waals surface area contributed by atoms with Crippen molar-refractivity contribution in [2.24, 2.45) is 4.99 Å². The summed E-state index contributed by atoms with van der Waals surface area (Å²) < 4.78 is 43.6.